The van der Waals surface area contributed by atoms with Crippen LogP contribution >= 0.6 is 19.3 Å². The number of carbonyl (C=O) groups excluding carboxylic acids is 3. The Kier molecular flexibility index (Phi) is 20.1. The Morgan fingerprint density at radius 1 is 0.885 bits per heavy atom. The van der Waals surface area contributed by atoms with Gasteiger partial charge in [0.1, 0.15) is 29.9 Å². The fourth-order valence-electron chi connectivity index (χ4n) is 16.8. The molecule has 6 heterocycles. The van der Waals surface area contributed by atoms with Crippen molar-refractivity contribution in [1.29, 1.82) is 0 Å². The van der Waals surface area contributed by atoms with Crippen LogP contribution in [-0.4, -0.2) is 180 Å². The van der Waals surface area contributed by atoms with Crippen LogP contribution in [0, 0.1) is 28.8 Å². The average molecular weight is 1350 g/mol. The van der Waals surface area contributed by atoms with Gasteiger partial charge in [-0.1, -0.05) is 47.7 Å². The van der Waals surface area contributed by atoms with E-state index >= 15 is 0 Å². The topological polar surface area (TPSA) is 344 Å². The maximum absolute atomic E-state index is 13.8. The zero-order chi connectivity index (χ0) is 67.7. The summed E-state index contributed by atoms with van der Waals surface area (Å²) in [5.74, 6) is -2.97. The fraction of sp³-hybridized carbons (Fsp3) is 0.493. The number of aromatic nitrogens is 4. The summed E-state index contributed by atoms with van der Waals surface area (Å²) in [6.45, 7) is 11.1. The van der Waals surface area contributed by atoms with Gasteiger partial charge in [0.05, 0.1) is 22.1 Å². The van der Waals surface area contributed by atoms with Gasteiger partial charge in [-0.15, -0.1) is 0 Å². The molecule has 27 heteroatoms. The average Bonchev–Trinajstić information content (AvgIpc) is 0.708. The van der Waals surface area contributed by atoms with Gasteiger partial charge in [-0.05, 0) is 72.5 Å². The summed E-state index contributed by atoms with van der Waals surface area (Å²) in [5.41, 5.74) is 14.0. The maximum atomic E-state index is 13.8. The molecule has 2 unspecified atom stereocenters. The van der Waals surface area contributed by atoms with Crippen LogP contribution in [0.1, 0.15) is 121 Å². The molecule has 3 aliphatic heterocycles. The van der Waals surface area contributed by atoms with Gasteiger partial charge in [0, 0.05) is 48.4 Å². The number of aliphatic carboxylic acids is 1. The monoisotopic (exact) mass is 1350 g/mol. The molecule has 96 heavy (non-hydrogen) atoms. The van der Waals surface area contributed by atoms with Crippen LogP contribution in [-0.2, 0) is 47.9 Å². The number of aliphatic hydroxyl groups is 3. The summed E-state index contributed by atoms with van der Waals surface area (Å²) < 4.78 is 38.5. The van der Waals surface area contributed by atoms with Gasteiger partial charge in [-0.2, -0.15) is 5.10 Å². The quantitative estimate of drug-likeness (QED) is 0.0279. The van der Waals surface area contributed by atoms with Gasteiger partial charge < -0.3 is 51.0 Å². The normalized spacial score (nSPS) is 26.2. The number of carboxylic acids is 2. The van der Waals surface area contributed by atoms with Crippen molar-refractivity contribution in [2.75, 3.05) is 68.0 Å². The molecule has 3 aromatic heterocycles. The Morgan fingerprint density at radius 2 is 1.67 bits per heavy atom. The number of carbonyl (C=O) groups is 5. The van der Waals surface area contributed by atoms with Crippen LogP contribution in [0.4, 0.5) is 21.4 Å². The second-order valence-corrected chi connectivity index (χ2v) is 28.9. The third-order valence-corrected chi connectivity index (χ3v) is 21.2. The summed E-state index contributed by atoms with van der Waals surface area (Å²) in [6, 6.07) is 21.9. The minimum absolute atomic E-state index is 0.0336. The number of piperidine rings is 1. The standard InChI is InChI=1S/C69H81N10O15PS/c1-41-47(45-15-17-53(74-55(45)61(85)86)78-24-19-43-10-6-11-46(48(43)33-78)60(84)75-64-73-49-12-4-5-13-52(49)96-64)32-71-79(41)40-68-35-66(2)34-67(3,36-68)38-69(37-66,39-68)92-29-27-76(23-8-30-95-90)44-20-25-77(26-21-44)65(89)91-28-7-9-42-14-16-51(50(31-42)72-54(80)18-22-70)93-63-58(83)56(81)57(82)59(94-63)62(87)88/h4-7,9-17,31-32,44,56-59,63,81-83H,8,18-29,33-40,70H2,1-3H3,(H,72,80)(H,85,86)(H,87,88)(H,73,75,84)/b9-7+/t56-,57-,58+,59-,63+,66?,67?,68?,69?/m0/s1. The van der Waals surface area contributed by atoms with E-state index < -0.39 is 54.6 Å². The summed E-state index contributed by atoms with van der Waals surface area (Å²) in [5, 5.41) is 62.4. The van der Waals surface area contributed by atoms with E-state index in [1.165, 1.54) is 23.5 Å². The predicted octanol–water partition coefficient (Wildman–Crippen LogP) is 8.33. The van der Waals surface area contributed by atoms with Crippen molar-refractivity contribution in [3.63, 3.8) is 0 Å². The van der Waals surface area contributed by atoms with Crippen molar-refractivity contribution in [3.8, 4) is 22.5 Å². The molecule has 0 spiro atoms. The summed E-state index contributed by atoms with van der Waals surface area (Å²) >= 11 is 1.42. The number of hydrogen-bond donors (Lipinski definition) is 8. The van der Waals surface area contributed by atoms with E-state index in [4.69, 9.17) is 34.8 Å². The summed E-state index contributed by atoms with van der Waals surface area (Å²) in [6.07, 6.45) is 3.67. The number of ether oxygens (including phenoxy) is 4. The van der Waals surface area contributed by atoms with Crippen LogP contribution in [0.5, 0.6) is 5.75 Å². The number of fused-ring (bicyclic) bond motifs is 2. The molecule has 0 radical (unpaired) electrons. The number of anilines is 3. The molecule has 4 aliphatic carbocycles. The molecule has 6 aromatic rings. The number of aromatic carboxylic acids is 1. The number of hydrogen-bond acceptors (Lipinski definition) is 20. The number of rotatable bonds is 23. The molecule has 25 nitrogen and oxygen atoms in total. The third kappa shape index (κ3) is 14.7. The number of nitrogens with one attached hydrogen (secondary N) is 2. The van der Waals surface area contributed by atoms with E-state index in [0.717, 1.165) is 65.6 Å². The Bertz CT molecular complexity index is 4050. The number of thiazole rings is 1. The van der Waals surface area contributed by atoms with Crippen LogP contribution in [0.15, 0.2) is 85.1 Å². The number of aliphatic hydroxyl groups excluding tert-OH is 3. The first-order chi connectivity index (χ1) is 46.0. The number of nitrogens with two attached hydrogens (primary N) is 1. The van der Waals surface area contributed by atoms with Crippen LogP contribution in [0.2, 0.25) is 0 Å². The number of carboxylic acid groups (broad SMARTS) is 2. The molecule has 4 bridgehead atoms. The molecule has 13 rings (SSSR count). The van der Waals surface area contributed by atoms with E-state index in [1.807, 2.05) is 66.4 Å². The van der Waals surface area contributed by atoms with Crippen molar-refractivity contribution < 1.29 is 73.0 Å². The van der Waals surface area contributed by atoms with E-state index in [2.05, 4.69) is 44.7 Å². The van der Waals surface area contributed by atoms with Crippen LogP contribution in [0.3, 0.4) is 0 Å². The molecule has 3 aromatic carbocycles. The zero-order valence-electron chi connectivity index (χ0n) is 53.9. The first-order valence-corrected chi connectivity index (χ1v) is 34.2. The predicted molar refractivity (Wildman–Crippen MR) is 357 cm³/mol. The molecule has 6 fully saturated rings. The van der Waals surface area contributed by atoms with Crippen molar-refractivity contribution >= 4 is 82.0 Å². The number of nitrogens with zero attached hydrogens (tertiary/aromatic N) is 7. The second-order valence-electron chi connectivity index (χ2n) is 27.4. The minimum atomic E-state index is -1.92. The van der Waals surface area contributed by atoms with Crippen molar-refractivity contribution in [3.05, 3.63) is 119 Å². The number of para-hydroxylation sites is 1. The van der Waals surface area contributed by atoms with Gasteiger partial charge in [-0.25, -0.2) is 19.6 Å². The summed E-state index contributed by atoms with van der Waals surface area (Å²) in [4.78, 5) is 80.3. The van der Waals surface area contributed by atoms with Crippen LogP contribution in [0.25, 0.3) is 27.4 Å². The van der Waals surface area contributed by atoms with E-state index in [9.17, 15) is 54.1 Å². The molecule has 7 atom stereocenters. The van der Waals surface area contributed by atoms with Gasteiger partial charge in [0.2, 0.25) is 12.2 Å². The SMILES string of the molecule is Cc1c(-c2ccc(N3CCc4cccc(C(=O)Nc5nc6ccccc6s5)c4C3)nc2C(=O)O)cnn1CC12CC3(C)CC(C)(C1)CC(OCCN(CCC#P=O)C1CCN(C(=O)OC/C=C/c4ccc(O[C@@H]5O[C@H](C(=O)O)[C@@H](O)[C@H](O)[C@H]5O)c(NC(=O)CCN)c4)CC1)(C3)C2. The number of benzene rings is 3. The summed E-state index contributed by atoms with van der Waals surface area (Å²) in [7, 11) is -0.157. The molecular weight excluding hydrogens is 1270 g/mol. The van der Waals surface area contributed by atoms with Crippen molar-refractivity contribution in [2.24, 2.45) is 22.0 Å². The Balaban J connectivity index is 0.660. The third-order valence-electron chi connectivity index (χ3n) is 19.9. The van der Waals surface area contributed by atoms with Gasteiger partial charge in [0.15, 0.2) is 16.9 Å². The van der Waals surface area contributed by atoms with Gasteiger partial charge >= 0.3 is 216 Å². The zero-order valence-corrected chi connectivity index (χ0v) is 55.6. The molecule has 9 N–H and O–H groups in total. The molecule has 508 valence electrons. The fourth-order valence-corrected chi connectivity index (χ4v) is 17.8. The number of amides is 3. The molecule has 4 saturated carbocycles. The van der Waals surface area contributed by atoms with Gasteiger partial charge in [0.25, 0.3) is 5.91 Å². The van der Waals surface area contributed by atoms with Gasteiger partial charge in [-0.3, -0.25) is 14.9 Å². The molecular formula is C69H81N10O15PS. The Hall–Kier alpha value is -7.87. The molecule has 2 saturated heterocycles. The first kappa shape index (κ1) is 68.1. The van der Waals surface area contributed by atoms with E-state index in [1.54, 1.807) is 29.3 Å². The van der Waals surface area contributed by atoms with Crippen molar-refractivity contribution in [1.82, 2.24) is 29.5 Å². The van der Waals surface area contributed by atoms with E-state index in [0.29, 0.717) is 111 Å². The molecule has 3 amide bonds. The van der Waals surface area contributed by atoms with Crippen LogP contribution < -0.4 is 26.0 Å². The number of pyridine rings is 1. The Morgan fingerprint density at radius 3 is 2.41 bits per heavy atom. The Labute approximate surface area is 560 Å². The van der Waals surface area contributed by atoms with Crippen molar-refractivity contribution in [2.45, 2.75) is 147 Å². The second kappa shape index (κ2) is 28.3. The molecule has 7 aliphatic rings. The van der Waals surface area contributed by atoms with E-state index in [-0.39, 0.29) is 78.4 Å². The number of likely N-dealkylation sites (tertiary alicyclic amines) is 1. The first-order valence-electron chi connectivity index (χ1n) is 32.6.